The largest absolute Gasteiger partial charge is 0.497 e. The van der Waals surface area contributed by atoms with Gasteiger partial charge in [0, 0.05) is 36.7 Å². The number of carbonyl (C=O) groups excluding carboxylic acids is 2. The molecule has 0 aliphatic carbocycles. The number of halogens is 1. The number of hydrogen-bond acceptors (Lipinski definition) is 6. The van der Waals surface area contributed by atoms with Gasteiger partial charge in [0.2, 0.25) is 5.91 Å². The van der Waals surface area contributed by atoms with Gasteiger partial charge in [-0.25, -0.2) is 4.39 Å². The molecular formula is C27H29FN2O5S. The lowest BCUT2D eigenvalue weighted by Crippen LogP contribution is -2.48. The van der Waals surface area contributed by atoms with Crippen molar-refractivity contribution in [2.45, 2.75) is 12.5 Å². The van der Waals surface area contributed by atoms with Crippen molar-refractivity contribution in [3.05, 3.63) is 81.8 Å². The predicted molar refractivity (Wildman–Crippen MR) is 135 cm³/mol. The van der Waals surface area contributed by atoms with Gasteiger partial charge in [-0.3, -0.25) is 9.59 Å². The Kier molecular flexibility index (Phi) is 8.56. The first-order valence-corrected chi connectivity index (χ1v) is 12.5. The standard InChI is InChI=1S/C27H29FN2O5S/c1-33-14-13-29(27(32)19-6-8-20(28)9-7-19)17-26(31)30-12-10-25-23(11-15-36-25)24(30)18-35-22-5-3-4-21(16-22)34-2/h3-9,11,15-16,24H,10,12-14,17-18H2,1-2H3. The van der Waals surface area contributed by atoms with Crippen molar-refractivity contribution >= 4 is 23.2 Å². The molecule has 0 N–H and O–H groups in total. The number of carbonyl (C=O) groups is 2. The van der Waals surface area contributed by atoms with Crippen LogP contribution in [0.1, 0.15) is 26.8 Å². The molecule has 0 fully saturated rings. The highest BCUT2D eigenvalue weighted by molar-refractivity contribution is 7.10. The monoisotopic (exact) mass is 512 g/mol. The molecule has 0 saturated heterocycles. The highest BCUT2D eigenvalue weighted by Crippen LogP contribution is 2.34. The number of fused-ring (bicyclic) bond motifs is 1. The Morgan fingerprint density at radius 3 is 2.64 bits per heavy atom. The maximum absolute atomic E-state index is 13.6. The van der Waals surface area contributed by atoms with E-state index in [0.29, 0.717) is 23.6 Å². The van der Waals surface area contributed by atoms with Crippen molar-refractivity contribution in [3.8, 4) is 11.5 Å². The topological polar surface area (TPSA) is 68.3 Å². The smallest absolute Gasteiger partial charge is 0.254 e. The summed E-state index contributed by atoms with van der Waals surface area (Å²) in [5.41, 5.74) is 1.38. The van der Waals surface area contributed by atoms with Crippen molar-refractivity contribution in [2.24, 2.45) is 0 Å². The lowest BCUT2D eigenvalue weighted by atomic mass is 10.0. The Bertz CT molecular complexity index is 1180. The van der Waals surface area contributed by atoms with Crippen LogP contribution in [0.3, 0.4) is 0 Å². The minimum Gasteiger partial charge on any atom is -0.497 e. The lowest BCUT2D eigenvalue weighted by molar-refractivity contribution is -0.135. The molecule has 0 radical (unpaired) electrons. The molecule has 1 atom stereocenters. The van der Waals surface area contributed by atoms with Crippen LogP contribution in [-0.2, 0) is 16.0 Å². The Morgan fingerprint density at radius 2 is 1.89 bits per heavy atom. The second-order valence-corrected chi connectivity index (χ2v) is 9.37. The number of thiophene rings is 1. The van der Waals surface area contributed by atoms with Crippen molar-refractivity contribution in [1.29, 1.82) is 0 Å². The number of hydrogen-bond donors (Lipinski definition) is 0. The molecule has 3 aromatic rings. The van der Waals surface area contributed by atoms with Crippen LogP contribution in [0.25, 0.3) is 0 Å². The summed E-state index contributed by atoms with van der Waals surface area (Å²) in [6.45, 7) is 1.20. The molecule has 0 spiro atoms. The average molecular weight is 513 g/mol. The average Bonchev–Trinajstić information content (AvgIpc) is 3.39. The van der Waals surface area contributed by atoms with E-state index >= 15 is 0 Å². The maximum Gasteiger partial charge on any atom is 0.254 e. The van der Waals surface area contributed by atoms with Crippen LogP contribution in [0.15, 0.2) is 60.0 Å². The first-order chi connectivity index (χ1) is 17.5. The van der Waals surface area contributed by atoms with E-state index in [1.807, 2.05) is 29.6 Å². The summed E-state index contributed by atoms with van der Waals surface area (Å²) in [6.07, 6.45) is 0.748. The van der Waals surface area contributed by atoms with Crippen LogP contribution in [-0.4, -0.2) is 68.7 Å². The SMILES string of the molecule is COCCN(CC(=O)N1CCc2sccc2C1COc1cccc(OC)c1)C(=O)c1ccc(F)cc1. The minimum atomic E-state index is -0.426. The van der Waals surface area contributed by atoms with Crippen LogP contribution in [0.2, 0.25) is 0 Å². The second-order valence-electron chi connectivity index (χ2n) is 8.37. The summed E-state index contributed by atoms with van der Waals surface area (Å²) in [5.74, 6) is 0.381. The molecule has 2 amide bonds. The fourth-order valence-electron chi connectivity index (χ4n) is 4.22. The summed E-state index contributed by atoms with van der Waals surface area (Å²) in [5, 5.41) is 2.03. The van der Waals surface area contributed by atoms with Gasteiger partial charge in [0.05, 0.1) is 19.8 Å². The van der Waals surface area contributed by atoms with E-state index < -0.39 is 5.82 Å². The van der Waals surface area contributed by atoms with Crippen molar-refractivity contribution in [3.63, 3.8) is 0 Å². The molecule has 36 heavy (non-hydrogen) atoms. The molecule has 0 saturated carbocycles. The fraction of sp³-hybridized carbons (Fsp3) is 0.333. The molecule has 1 aliphatic heterocycles. The number of rotatable bonds is 10. The Labute approximate surface area is 214 Å². The number of amides is 2. The van der Waals surface area contributed by atoms with E-state index in [1.54, 1.807) is 29.4 Å². The van der Waals surface area contributed by atoms with Crippen LogP contribution < -0.4 is 9.47 Å². The van der Waals surface area contributed by atoms with E-state index in [-0.39, 0.29) is 44.2 Å². The second kappa shape index (κ2) is 12.0. The zero-order chi connectivity index (χ0) is 25.5. The number of benzene rings is 2. The molecule has 9 heteroatoms. The van der Waals surface area contributed by atoms with E-state index in [4.69, 9.17) is 14.2 Å². The summed E-state index contributed by atoms with van der Waals surface area (Å²) in [4.78, 5) is 31.2. The van der Waals surface area contributed by atoms with Gasteiger partial charge in [0.15, 0.2) is 0 Å². The van der Waals surface area contributed by atoms with Gasteiger partial charge in [-0.1, -0.05) is 6.07 Å². The maximum atomic E-state index is 13.6. The fourth-order valence-corrected chi connectivity index (χ4v) is 5.15. The number of methoxy groups -OCH3 is 2. The first kappa shape index (κ1) is 25.7. The van der Waals surface area contributed by atoms with Crippen LogP contribution in [0, 0.1) is 5.82 Å². The normalized spacial score (nSPS) is 14.8. The molecule has 2 heterocycles. The van der Waals surface area contributed by atoms with Gasteiger partial charge >= 0.3 is 0 Å². The number of nitrogens with zero attached hydrogens (tertiary/aromatic N) is 2. The van der Waals surface area contributed by atoms with Crippen molar-refractivity contribution in [1.82, 2.24) is 9.80 Å². The molecule has 0 bridgehead atoms. The lowest BCUT2D eigenvalue weighted by Gasteiger charge is -2.37. The third kappa shape index (κ3) is 6.03. The summed E-state index contributed by atoms with van der Waals surface area (Å²) < 4.78 is 29.9. The Hall–Kier alpha value is -3.43. The Balaban J connectivity index is 1.52. The molecule has 1 unspecified atom stereocenters. The van der Waals surface area contributed by atoms with E-state index in [1.165, 1.54) is 41.2 Å². The summed E-state index contributed by atoms with van der Waals surface area (Å²) >= 11 is 1.67. The zero-order valence-electron chi connectivity index (χ0n) is 20.3. The van der Waals surface area contributed by atoms with Crippen molar-refractivity contribution < 1.29 is 28.2 Å². The molecular weight excluding hydrogens is 483 g/mol. The minimum absolute atomic E-state index is 0.116. The third-order valence-corrected chi connectivity index (χ3v) is 7.13. The van der Waals surface area contributed by atoms with Crippen LogP contribution >= 0.6 is 11.3 Å². The van der Waals surface area contributed by atoms with Crippen LogP contribution in [0.5, 0.6) is 11.5 Å². The molecule has 1 aromatic heterocycles. The zero-order valence-corrected chi connectivity index (χ0v) is 21.1. The molecule has 7 nitrogen and oxygen atoms in total. The molecule has 1 aliphatic rings. The van der Waals surface area contributed by atoms with Gasteiger partial charge in [0.1, 0.15) is 30.5 Å². The summed E-state index contributed by atoms with van der Waals surface area (Å²) in [6, 6.07) is 14.4. The quantitative estimate of drug-likeness (QED) is 0.408. The number of ether oxygens (including phenoxy) is 3. The van der Waals surface area contributed by atoms with Gasteiger partial charge in [-0.05, 0) is 59.8 Å². The van der Waals surface area contributed by atoms with Gasteiger partial charge in [-0.2, -0.15) is 0 Å². The first-order valence-electron chi connectivity index (χ1n) is 11.7. The van der Waals surface area contributed by atoms with Gasteiger partial charge < -0.3 is 24.0 Å². The van der Waals surface area contributed by atoms with E-state index in [2.05, 4.69) is 0 Å². The summed E-state index contributed by atoms with van der Waals surface area (Å²) in [7, 11) is 3.14. The molecule has 4 rings (SSSR count). The van der Waals surface area contributed by atoms with Gasteiger partial charge in [-0.15, -0.1) is 11.3 Å². The third-order valence-electron chi connectivity index (χ3n) is 6.13. The predicted octanol–water partition coefficient (Wildman–Crippen LogP) is 4.19. The Morgan fingerprint density at radius 1 is 1.11 bits per heavy atom. The van der Waals surface area contributed by atoms with E-state index in [9.17, 15) is 14.0 Å². The van der Waals surface area contributed by atoms with Crippen LogP contribution in [0.4, 0.5) is 4.39 Å². The highest BCUT2D eigenvalue weighted by Gasteiger charge is 2.33. The highest BCUT2D eigenvalue weighted by atomic mass is 32.1. The van der Waals surface area contributed by atoms with Gasteiger partial charge in [0.25, 0.3) is 5.91 Å². The van der Waals surface area contributed by atoms with E-state index in [0.717, 1.165) is 12.0 Å². The van der Waals surface area contributed by atoms with Crippen molar-refractivity contribution in [2.75, 3.05) is 47.1 Å². The molecule has 2 aromatic carbocycles. The molecule has 190 valence electrons.